The fourth-order valence-corrected chi connectivity index (χ4v) is 1.61. The van der Waals surface area contributed by atoms with Crippen LogP contribution in [0.3, 0.4) is 0 Å². The maximum atomic E-state index is 10.8. The molecule has 0 aliphatic heterocycles. The van der Waals surface area contributed by atoms with Gasteiger partial charge in [-0.05, 0) is 36.4 Å². The quantitative estimate of drug-likeness (QED) is 0.760. The molecule has 2 nitrogen and oxygen atoms in total. The second-order valence-corrected chi connectivity index (χ2v) is 4.23. The molecule has 0 amide bonds. The predicted molar refractivity (Wildman–Crippen MR) is 68.4 cm³/mol. The average Bonchev–Trinajstić information content (AvgIpc) is 2.32. The molecule has 0 bridgehead atoms. The molecule has 0 aromatic heterocycles. The smallest absolute Gasteiger partial charge is 0.153 e. The first-order valence-corrected chi connectivity index (χ1v) is 5.63. The number of carbonyl (C=O) groups is 1. The fraction of sp³-hybridized carbons (Fsp3) is 0. The van der Waals surface area contributed by atoms with Gasteiger partial charge in [0.05, 0.1) is 5.56 Å². The first-order chi connectivity index (χ1) is 8.19. The summed E-state index contributed by atoms with van der Waals surface area (Å²) in [6.45, 7) is 0. The van der Waals surface area contributed by atoms with Crippen molar-refractivity contribution in [3.8, 4) is 11.5 Å². The van der Waals surface area contributed by atoms with Crippen LogP contribution in [0, 0.1) is 0 Å². The highest BCUT2D eigenvalue weighted by molar-refractivity contribution is 6.31. The number of benzene rings is 2. The molecule has 0 saturated heterocycles. The zero-order valence-corrected chi connectivity index (χ0v) is 10.2. The summed E-state index contributed by atoms with van der Waals surface area (Å²) in [5.41, 5.74) is 0.448. The standard InChI is InChI=1S/C13H8Cl2O2/c14-10-3-5-12(6-4-10)17-13-7-11(15)2-1-9(13)8-16/h1-8H. The number of aldehydes is 1. The Kier molecular flexibility index (Phi) is 3.67. The second-order valence-electron chi connectivity index (χ2n) is 3.36. The summed E-state index contributed by atoms with van der Waals surface area (Å²) in [5, 5.41) is 1.14. The summed E-state index contributed by atoms with van der Waals surface area (Å²) in [6.07, 6.45) is 0.724. The van der Waals surface area contributed by atoms with Gasteiger partial charge in [-0.15, -0.1) is 0 Å². The molecule has 4 heteroatoms. The Morgan fingerprint density at radius 2 is 1.59 bits per heavy atom. The lowest BCUT2D eigenvalue weighted by Crippen LogP contribution is -1.90. The second kappa shape index (κ2) is 5.21. The first kappa shape index (κ1) is 12.0. The highest BCUT2D eigenvalue weighted by atomic mass is 35.5. The molecule has 0 saturated carbocycles. The lowest BCUT2D eigenvalue weighted by molar-refractivity contribution is 0.112. The van der Waals surface area contributed by atoms with E-state index in [1.165, 1.54) is 0 Å². The molecule has 2 rings (SSSR count). The molecule has 0 radical (unpaired) electrons. The highest BCUT2D eigenvalue weighted by Gasteiger charge is 2.05. The highest BCUT2D eigenvalue weighted by Crippen LogP contribution is 2.28. The van der Waals surface area contributed by atoms with Crippen molar-refractivity contribution in [1.29, 1.82) is 0 Å². The van der Waals surface area contributed by atoms with Crippen LogP contribution in [-0.4, -0.2) is 6.29 Å². The minimum absolute atomic E-state index is 0.426. The van der Waals surface area contributed by atoms with Crippen LogP contribution < -0.4 is 4.74 Å². The van der Waals surface area contributed by atoms with Gasteiger partial charge in [-0.2, -0.15) is 0 Å². The van der Waals surface area contributed by atoms with Crippen molar-refractivity contribution in [3.05, 3.63) is 58.1 Å². The van der Waals surface area contributed by atoms with Gasteiger partial charge in [-0.3, -0.25) is 4.79 Å². The number of carbonyl (C=O) groups excluding carboxylic acids is 1. The van der Waals surface area contributed by atoms with Crippen molar-refractivity contribution in [2.24, 2.45) is 0 Å². The van der Waals surface area contributed by atoms with Crippen molar-refractivity contribution in [1.82, 2.24) is 0 Å². The van der Waals surface area contributed by atoms with Gasteiger partial charge in [0.1, 0.15) is 11.5 Å². The number of hydrogen-bond donors (Lipinski definition) is 0. The van der Waals surface area contributed by atoms with E-state index in [0.29, 0.717) is 27.1 Å². The van der Waals surface area contributed by atoms with Gasteiger partial charge < -0.3 is 4.74 Å². The zero-order chi connectivity index (χ0) is 12.3. The molecule has 0 aliphatic carbocycles. The number of rotatable bonds is 3. The molecule has 2 aromatic carbocycles. The maximum absolute atomic E-state index is 10.8. The Morgan fingerprint density at radius 3 is 2.24 bits per heavy atom. The minimum atomic E-state index is 0.426. The van der Waals surface area contributed by atoms with Crippen molar-refractivity contribution in [2.45, 2.75) is 0 Å². The van der Waals surface area contributed by atoms with Gasteiger partial charge in [-0.25, -0.2) is 0 Å². The molecule has 0 unspecified atom stereocenters. The van der Waals surface area contributed by atoms with Crippen LogP contribution in [0.1, 0.15) is 10.4 Å². The zero-order valence-electron chi connectivity index (χ0n) is 8.69. The van der Waals surface area contributed by atoms with Gasteiger partial charge in [0.15, 0.2) is 6.29 Å². The number of ether oxygens (including phenoxy) is 1. The monoisotopic (exact) mass is 266 g/mol. The third-order valence-electron chi connectivity index (χ3n) is 2.14. The van der Waals surface area contributed by atoms with E-state index in [4.69, 9.17) is 27.9 Å². The van der Waals surface area contributed by atoms with Crippen LogP contribution in [0.15, 0.2) is 42.5 Å². The largest absolute Gasteiger partial charge is 0.457 e. The summed E-state index contributed by atoms with van der Waals surface area (Å²) in [4.78, 5) is 10.8. The van der Waals surface area contributed by atoms with Gasteiger partial charge in [0, 0.05) is 16.1 Å². The SMILES string of the molecule is O=Cc1ccc(Cl)cc1Oc1ccc(Cl)cc1. The number of halogens is 2. The Balaban J connectivity index is 2.31. The van der Waals surface area contributed by atoms with Gasteiger partial charge in [0.25, 0.3) is 0 Å². The maximum Gasteiger partial charge on any atom is 0.153 e. The molecular weight excluding hydrogens is 259 g/mol. The lowest BCUT2D eigenvalue weighted by atomic mass is 10.2. The Hall–Kier alpha value is -1.51. The Morgan fingerprint density at radius 1 is 0.941 bits per heavy atom. The third kappa shape index (κ3) is 2.99. The third-order valence-corrected chi connectivity index (χ3v) is 2.63. The molecule has 0 spiro atoms. The molecule has 0 aliphatic rings. The Labute approximate surface area is 109 Å². The number of hydrogen-bond acceptors (Lipinski definition) is 2. The molecule has 86 valence electrons. The normalized spacial score (nSPS) is 10.0. The van der Waals surface area contributed by atoms with E-state index >= 15 is 0 Å². The first-order valence-electron chi connectivity index (χ1n) is 4.87. The van der Waals surface area contributed by atoms with E-state index in [-0.39, 0.29) is 0 Å². The molecule has 2 aromatic rings. The fourth-order valence-electron chi connectivity index (χ4n) is 1.32. The van der Waals surface area contributed by atoms with Crippen molar-refractivity contribution in [2.75, 3.05) is 0 Å². The van der Waals surface area contributed by atoms with Crippen LogP contribution in [0.5, 0.6) is 11.5 Å². The lowest BCUT2D eigenvalue weighted by Gasteiger charge is -2.08. The van der Waals surface area contributed by atoms with Gasteiger partial charge in [-0.1, -0.05) is 23.2 Å². The topological polar surface area (TPSA) is 26.3 Å². The van der Waals surface area contributed by atoms with Crippen molar-refractivity contribution in [3.63, 3.8) is 0 Å². The van der Waals surface area contributed by atoms with Crippen molar-refractivity contribution < 1.29 is 9.53 Å². The van der Waals surface area contributed by atoms with Crippen molar-refractivity contribution >= 4 is 29.5 Å². The van der Waals surface area contributed by atoms with E-state index in [2.05, 4.69) is 0 Å². The summed E-state index contributed by atoms with van der Waals surface area (Å²) < 4.78 is 5.56. The van der Waals surface area contributed by atoms with E-state index in [0.717, 1.165) is 6.29 Å². The van der Waals surface area contributed by atoms with Gasteiger partial charge >= 0.3 is 0 Å². The molecule has 0 atom stereocenters. The molecule has 0 heterocycles. The molecule has 0 fully saturated rings. The van der Waals surface area contributed by atoms with E-state index in [9.17, 15) is 4.79 Å². The van der Waals surface area contributed by atoms with E-state index in [1.54, 1.807) is 42.5 Å². The summed E-state index contributed by atoms with van der Waals surface area (Å²) >= 11 is 11.6. The van der Waals surface area contributed by atoms with E-state index < -0.39 is 0 Å². The van der Waals surface area contributed by atoms with Crippen LogP contribution in [0.25, 0.3) is 0 Å². The van der Waals surface area contributed by atoms with Crippen LogP contribution in [0.4, 0.5) is 0 Å². The van der Waals surface area contributed by atoms with Crippen LogP contribution in [0.2, 0.25) is 10.0 Å². The summed E-state index contributed by atoms with van der Waals surface area (Å²) in [5.74, 6) is 1.02. The minimum Gasteiger partial charge on any atom is -0.457 e. The van der Waals surface area contributed by atoms with Crippen LogP contribution >= 0.6 is 23.2 Å². The Bertz CT molecular complexity index is 536. The molecular formula is C13H8Cl2O2. The predicted octanol–water partition coefficient (Wildman–Crippen LogP) is 4.60. The average molecular weight is 267 g/mol. The van der Waals surface area contributed by atoms with E-state index in [1.807, 2.05) is 0 Å². The van der Waals surface area contributed by atoms with Gasteiger partial charge in [0.2, 0.25) is 0 Å². The summed E-state index contributed by atoms with van der Waals surface area (Å²) in [6, 6.07) is 11.7. The molecule has 0 N–H and O–H groups in total. The molecule has 17 heavy (non-hydrogen) atoms. The summed E-state index contributed by atoms with van der Waals surface area (Å²) in [7, 11) is 0. The van der Waals surface area contributed by atoms with Crippen LogP contribution in [-0.2, 0) is 0 Å².